The smallest absolute Gasteiger partial charge is 0.160 e. The Morgan fingerprint density at radius 3 is 2.26 bits per heavy atom. The van der Waals surface area contributed by atoms with E-state index in [0.29, 0.717) is 0 Å². The summed E-state index contributed by atoms with van der Waals surface area (Å²) >= 11 is 40.2. The molecule has 0 aliphatic heterocycles. The molecular weight excluding hydrogens is 373 g/mol. The summed E-state index contributed by atoms with van der Waals surface area (Å²) in [6.07, 6.45) is 0.809. The van der Waals surface area contributed by atoms with E-state index in [1.807, 2.05) is 0 Å². The number of fused-ring (bicyclic) bond motifs is 5. The largest absolute Gasteiger partial charge is 0.299 e. The Balaban J connectivity index is 1.95. The predicted octanol–water partition coefficient (Wildman–Crippen LogP) is 3.81. The first-order valence-electron chi connectivity index (χ1n) is 6.29. The van der Waals surface area contributed by atoms with Gasteiger partial charge in [0.15, 0.2) is 4.33 Å². The van der Waals surface area contributed by atoms with Crippen molar-refractivity contribution in [3.8, 4) is 0 Å². The van der Waals surface area contributed by atoms with Crippen molar-refractivity contribution in [1.29, 1.82) is 0 Å². The summed E-state index contributed by atoms with van der Waals surface area (Å²) in [7, 11) is 0. The van der Waals surface area contributed by atoms with Crippen molar-refractivity contribution in [2.75, 3.05) is 0 Å². The Morgan fingerprint density at radius 2 is 1.63 bits per heavy atom. The molecule has 5 aliphatic carbocycles. The number of hydrogen-bond acceptors (Lipinski definition) is 1. The zero-order valence-corrected chi connectivity index (χ0v) is 13.9. The van der Waals surface area contributed by atoms with Crippen molar-refractivity contribution < 1.29 is 4.79 Å². The molecule has 1 nitrogen and oxygen atoms in total. The van der Waals surface area contributed by atoms with Crippen molar-refractivity contribution in [3.05, 3.63) is 0 Å². The lowest BCUT2D eigenvalue weighted by Gasteiger charge is -2.41. The summed E-state index contributed by atoms with van der Waals surface area (Å²) in [6, 6.07) is 0. The SMILES string of the molecule is O=C1[C@H]2C[C@@H]3[C@@H]4[C@H]2[C@]2(Cl)[C@@H](Cl)[C@](Cl)([C@H]13)[C@@]4(Cl)C2(Cl)Cl. The minimum Gasteiger partial charge on any atom is -0.299 e. The van der Waals surface area contributed by atoms with E-state index in [-0.39, 0.29) is 35.4 Å². The lowest BCUT2D eigenvalue weighted by atomic mass is 9.76. The molecule has 9 atom stereocenters. The molecule has 0 amide bonds. The van der Waals surface area contributed by atoms with Crippen LogP contribution in [0.3, 0.4) is 0 Å². The highest BCUT2D eigenvalue weighted by atomic mass is 35.5. The van der Waals surface area contributed by atoms with Crippen LogP contribution in [0.2, 0.25) is 0 Å². The number of rotatable bonds is 0. The highest BCUT2D eigenvalue weighted by molar-refractivity contribution is 6.64. The molecule has 0 aromatic carbocycles. The van der Waals surface area contributed by atoms with Crippen molar-refractivity contribution in [2.24, 2.45) is 29.6 Å². The lowest BCUT2D eigenvalue weighted by molar-refractivity contribution is -0.126. The molecule has 0 unspecified atom stereocenters. The topological polar surface area (TPSA) is 17.1 Å². The van der Waals surface area contributed by atoms with Gasteiger partial charge < -0.3 is 0 Å². The summed E-state index contributed by atoms with van der Waals surface area (Å²) in [4.78, 5) is 9.19. The zero-order valence-electron chi connectivity index (χ0n) is 9.35. The summed E-state index contributed by atoms with van der Waals surface area (Å²) in [5.41, 5.74) is 0. The van der Waals surface area contributed by atoms with E-state index in [2.05, 4.69) is 0 Å². The van der Waals surface area contributed by atoms with Crippen molar-refractivity contribution in [3.63, 3.8) is 0 Å². The Labute approximate surface area is 140 Å². The van der Waals surface area contributed by atoms with E-state index in [9.17, 15) is 4.79 Å². The molecule has 19 heavy (non-hydrogen) atoms. The van der Waals surface area contributed by atoms with Crippen molar-refractivity contribution in [2.45, 2.75) is 30.8 Å². The number of alkyl halides is 6. The molecule has 0 aromatic heterocycles. The fourth-order valence-corrected chi connectivity index (χ4v) is 10.2. The molecule has 0 radical (unpaired) electrons. The normalized spacial score (nSPS) is 73.7. The van der Waals surface area contributed by atoms with Crippen molar-refractivity contribution >= 4 is 75.4 Å². The summed E-state index contributed by atoms with van der Waals surface area (Å²) < 4.78 is -1.40. The molecule has 4 bridgehead atoms. The third-order valence-electron chi connectivity index (χ3n) is 6.54. The number of carbonyl (C=O) groups excluding carboxylic acids is 1. The average Bonchev–Trinajstić information content (AvgIpc) is 2.95. The van der Waals surface area contributed by atoms with Crippen molar-refractivity contribution in [1.82, 2.24) is 0 Å². The van der Waals surface area contributed by atoms with E-state index in [1.165, 1.54) is 0 Å². The molecular formula is C12H8Cl6O. The van der Waals surface area contributed by atoms with Crippen LogP contribution in [0.5, 0.6) is 0 Å². The fourth-order valence-electron chi connectivity index (χ4n) is 6.19. The maximum atomic E-state index is 12.6. The molecule has 0 spiro atoms. The van der Waals surface area contributed by atoms with Gasteiger partial charge in [-0.25, -0.2) is 0 Å². The number of ketones is 1. The van der Waals surface area contributed by atoms with Crippen LogP contribution in [-0.2, 0) is 4.79 Å². The van der Waals surface area contributed by atoms with E-state index < -0.39 is 24.3 Å². The Morgan fingerprint density at radius 1 is 1.00 bits per heavy atom. The van der Waals surface area contributed by atoms with Crippen LogP contribution >= 0.6 is 69.6 Å². The Hall–Kier alpha value is 1.41. The van der Waals surface area contributed by atoms with Gasteiger partial charge in [0, 0.05) is 11.8 Å². The Kier molecular flexibility index (Phi) is 1.99. The number of carbonyl (C=O) groups is 1. The van der Waals surface area contributed by atoms with E-state index in [0.717, 1.165) is 6.42 Å². The minimum absolute atomic E-state index is 0.00173. The van der Waals surface area contributed by atoms with Gasteiger partial charge in [-0.3, -0.25) is 4.79 Å². The second kappa shape index (κ2) is 2.93. The molecule has 5 saturated carbocycles. The second-order valence-corrected chi connectivity index (χ2v) is 10.2. The predicted molar refractivity (Wildman–Crippen MR) is 76.9 cm³/mol. The van der Waals surface area contributed by atoms with Gasteiger partial charge in [-0.05, 0) is 24.2 Å². The van der Waals surface area contributed by atoms with E-state index >= 15 is 0 Å². The van der Waals surface area contributed by atoms with Gasteiger partial charge >= 0.3 is 0 Å². The summed E-state index contributed by atoms with van der Waals surface area (Å²) in [5.74, 6) is -0.312. The monoisotopic (exact) mass is 378 g/mol. The summed E-state index contributed by atoms with van der Waals surface area (Å²) in [6.45, 7) is 0. The van der Waals surface area contributed by atoms with Gasteiger partial charge in [0.05, 0.1) is 10.3 Å². The molecule has 5 fully saturated rings. The van der Waals surface area contributed by atoms with Gasteiger partial charge in [0.2, 0.25) is 0 Å². The van der Waals surface area contributed by atoms with Gasteiger partial charge in [-0.1, -0.05) is 23.2 Å². The number of Topliss-reactive ketones (excluding diaryl/α,β-unsaturated/α-hetero) is 1. The second-order valence-electron chi connectivity index (χ2n) is 6.62. The molecule has 0 aromatic rings. The van der Waals surface area contributed by atoms with Crippen LogP contribution in [0.4, 0.5) is 0 Å². The van der Waals surface area contributed by atoms with Gasteiger partial charge in [-0.15, -0.1) is 46.4 Å². The van der Waals surface area contributed by atoms with Crippen LogP contribution in [0, 0.1) is 29.6 Å². The highest BCUT2D eigenvalue weighted by Gasteiger charge is 3.00. The Bertz CT molecular complexity index is 564. The molecule has 5 rings (SSSR count). The lowest BCUT2D eigenvalue weighted by Crippen LogP contribution is -2.54. The molecule has 0 heterocycles. The molecule has 7 heteroatoms. The number of hydrogen-bond donors (Lipinski definition) is 0. The zero-order chi connectivity index (χ0) is 13.7. The van der Waals surface area contributed by atoms with Gasteiger partial charge in [0.1, 0.15) is 15.5 Å². The average molecular weight is 381 g/mol. The van der Waals surface area contributed by atoms with E-state index in [4.69, 9.17) is 69.6 Å². The van der Waals surface area contributed by atoms with Gasteiger partial charge in [-0.2, -0.15) is 0 Å². The number of halogens is 6. The van der Waals surface area contributed by atoms with Crippen LogP contribution in [0.15, 0.2) is 0 Å². The van der Waals surface area contributed by atoms with Crippen LogP contribution in [0.25, 0.3) is 0 Å². The third-order valence-corrected chi connectivity index (χ3v) is 11.5. The molecule has 0 saturated heterocycles. The minimum atomic E-state index is -1.40. The van der Waals surface area contributed by atoms with E-state index in [1.54, 1.807) is 0 Å². The third kappa shape index (κ3) is 0.788. The summed E-state index contributed by atoms with van der Waals surface area (Å²) in [5, 5.41) is -0.693. The molecule has 104 valence electrons. The quantitative estimate of drug-likeness (QED) is 0.584. The van der Waals surface area contributed by atoms with Crippen LogP contribution in [0.1, 0.15) is 6.42 Å². The maximum absolute atomic E-state index is 12.6. The standard InChI is InChI=1S/C12H8Cl6O/c13-8-9(14)6-2-1-3(7(6)19)4-5(2)11(9,16)12(17,18)10(4,8)15/h2-6,8H,1H2/t2-,3+,4+,5-,6+,8+,9-,10+,11-/m1/s1. The first-order chi connectivity index (χ1) is 8.66. The highest BCUT2D eigenvalue weighted by Crippen LogP contribution is 2.90. The van der Waals surface area contributed by atoms with Crippen LogP contribution < -0.4 is 0 Å². The molecule has 0 N–H and O–H groups in total. The van der Waals surface area contributed by atoms with Crippen LogP contribution in [-0.4, -0.2) is 30.1 Å². The molecule has 5 aliphatic rings. The fraction of sp³-hybridized carbons (Fsp3) is 0.917. The maximum Gasteiger partial charge on any atom is 0.160 e. The first-order valence-corrected chi connectivity index (χ1v) is 8.61. The first kappa shape index (κ1) is 12.9. The van der Waals surface area contributed by atoms with Gasteiger partial charge in [0.25, 0.3) is 0 Å².